The first-order chi connectivity index (χ1) is 8.44. The van der Waals surface area contributed by atoms with E-state index in [9.17, 15) is 9.90 Å². The molecule has 1 fully saturated rings. The number of hydrogen-bond acceptors (Lipinski definition) is 2. The van der Waals surface area contributed by atoms with Crippen molar-refractivity contribution in [2.75, 3.05) is 6.54 Å². The summed E-state index contributed by atoms with van der Waals surface area (Å²) in [5.41, 5.74) is 1.77. The number of aromatic hydroxyl groups is 1. The maximum Gasteiger partial charge on any atom is 0.251 e. The first-order valence-corrected chi connectivity index (χ1v) is 6.52. The molecule has 1 aliphatic rings. The van der Waals surface area contributed by atoms with E-state index in [4.69, 9.17) is 0 Å². The Hall–Kier alpha value is -1.51. The predicted octanol–water partition coefficient (Wildman–Crippen LogP) is 2.87. The van der Waals surface area contributed by atoms with Gasteiger partial charge in [0.1, 0.15) is 5.75 Å². The maximum absolute atomic E-state index is 12.1. The number of phenols is 1. The quantitative estimate of drug-likeness (QED) is 0.859. The maximum atomic E-state index is 12.1. The van der Waals surface area contributed by atoms with Crippen LogP contribution in [0.15, 0.2) is 18.2 Å². The van der Waals surface area contributed by atoms with E-state index in [1.54, 1.807) is 18.2 Å². The molecular formula is C15H21NO2. The molecule has 0 saturated heterocycles. The van der Waals surface area contributed by atoms with Crippen molar-refractivity contribution in [3.05, 3.63) is 29.3 Å². The fourth-order valence-corrected chi connectivity index (χ4v) is 2.37. The average Bonchev–Trinajstić information content (AvgIpc) is 3.07. The predicted molar refractivity (Wildman–Crippen MR) is 71.7 cm³/mol. The molecule has 1 aromatic carbocycles. The Morgan fingerprint density at radius 1 is 1.44 bits per heavy atom. The zero-order valence-electron chi connectivity index (χ0n) is 11.3. The molecule has 0 unspecified atom stereocenters. The minimum Gasteiger partial charge on any atom is -0.508 e. The van der Waals surface area contributed by atoms with Crippen LogP contribution in [0, 0.1) is 18.3 Å². The zero-order valence-corrected chi connectivity index (χ0v) is 11.3. The summed E-state index contributed by atoms with van der Waals surface area (Å²) in [4.78, 5) is 12.1. The van der Waals surface area contributed by atoms with Crippen LogP contribution in [0.1, 0.15) is 42.6 Å². The highest BCUT2D eigenvalue weighted by Gasteiger charge is 2.45. The fraction of sp³-hybridized carbons (Fsp3) is 0.533. The van der Waals surface area contributed by atoms with Crippen molar-refractivity contribution in [2.45, 2.75) is 33.6 Å². The minimum absolute atomic E-state index is 0.0422. The molecule has 2 N–H and O–H groups in total. The summed E-state index contributed by atoms with van der Waals surface area (Å²) in [6, 6.07) is 4.84. The third-order valence-corrected chi connectivity index (χ3v) is 4.17. The minimum atomic E-state index is -0.0422. The van der Waals surface area contributed by atoms with Gasteiger partial charge in [-0.05, 0) is 54.9 Å². The first-order valence-electron chi connectivity index (χ1n) is 6.52. The van der Waals surface area contributed by atoms with Gasteiger partial charge in [0.2, 0.25) is 0 Å². The van der Waals surface area contributed by atoms with E-state index in [0.717, 1.165) is 12.1 Å². The lowest BCUT2D eigenvalue weighted by atomic mass is 9.92. The Kier molecular flexibility index (Phi) is 3.33. The van der Waals surface area contributed by atoms with Crippen molar-refractivity contribution in [3.63, 3.8) is 0 Å². The molecule has 2 rings (SSSR count). The number of nitrogens with one attached hydrogen (secondary N) is 1. The Morgan fingerprint density at radius 2 is 2.11 bits per heavy atom. The molecule has 0 aliphatic heterocycles. The third-order valence-electron chi connectivity index (χ3n) is 4.17. The van der Waals surface area contributed by atoms with Gasteiger partial charge in [-0.15, -0.1) is 0 Å². The highest BCUT2D eigenvalue weighted by atomic mass is 16.3. The lowest BCUT2D eigenvalue weighted by Crippen LogP contribution is -2.32. The number of carbonyl (C=O) groups is 1. The van der Waals surface area contributed by atoms with Crippen molar-refractivity contribution in [1.29, 1.82) is 0 Å². The van der Waals surface area contributed by atoms with Gasteiger partial charge in [0, 0.05) is 12.1 Å². The number of benzene rings is 1. The lowest BCUT2D eigenvalue weighted by Gasteiger charge is -2.20. The summed E-state index contributed by atoms with van der Waals surface area (Å²) in [5, 5.41) is 12.4. The fourth-order valence-electron chi connectivity index (χ4n) is 2.37. The number of amides is 1. The molecule has 1 saturated carbocycles. The van der Waals surface area contributed by atoms with Crippen molar-refractivity contribution in [2.24, 2.45) is 11.3 Å². The largest absolute Gasteiger partial charge is 0.508 e. The van der Waals surface area contributed by atoms with Crippen LogP contribution in [0.3, 0.4) is 0 Å². The van der Waals surface area contributed by atoms with Crippen LogP contribution >= 0.6 is 0 Å². The Balaban J connectivity index is 2.00. The Labute approximate surface area is 108 Å². The van der Waals surface area contributed by atoms with E-state index < -0.39 is 0 Å². The lowest BCUT2D eigenvalue weighted by molar-refractivity contribution is 0.0939. The SMILES string of the molecule is Cc1cc(O)ccc1C(=O)NCC1(C(C)C)CC1. The molecule has 1 aliphatic carbocycles. The van der Waals surface area contributed by atoms with E-state index in [0.29, 0.717) is 16.9 Å². The molecule has 18 heavy (non-hydrogen) atoms. The number of rotatable bonds is 4. The monoisotopic (exact) mass is 247 g/mol. The molecule has 0 spiro atoms. The third kappa shape index (κ3) is 2.50. The average molecular weight is 247 g/mol. The van der Waals surface area contributed by atoms with E-state index in [-0.39, 0.29) is 11.7 Å². The van der Waals surface area contributed by atoms with Crippen LogP contribution < -0.4 is 5.32 Å². The van der Waals surface area contributed by atoms with Crippen molar-refractivity contribution in [3.8, 4) is 5.75 Å². The van der Waals surface area contributed by atoms with Gasteiger partial charge in [-0.1, -0.05) is 13.8 Å². The van der Waals surface area contributed by atoms with E-state index in [2.05, 4.69) is 19.2 Å². The highest BCUT2D eigenvalue weighted by Crippen LogP contribution is 2.51. The van der Waals surface area contributed by atoms with E-state index >= 15 is 0 Å². The standard InChI is InChI=1S/C15H21NO2/c1-10(2)15(6-7-15)9-16-14(18)13-5-4-12(17)8-11(13)3/h4-5,8,10,17H,6-7,9H2,1-3H3,(H,16,18). The summed E-state index contributed by atoms with van der Waals surface area (Å²) in [5.74, 6) is 0.767. The number of hydrogen-bond donors (Lipinski definition) is 2. The van der Waals surface area contributed by atoms with Gasteiger partial charge in [-0.3, -0.25) is 4.79 Å². The molecule has 0 aromatic heterocycles. The van der Waals surface area contributed by atoms with Gasteiger partial charge >= 0.3 is 0 Å². The molecule has 0 bridgehead atoms. The van der Waals surface area contributed by atoms with Gasteiger partial charge in [-0.2, -0.15) is 0 Å². The van der Waals surface area contributed by atoms with Crippen LogP contribution in [-0.2, 0) is 0 Å². The molecule has 0 heterocycles. The number of aryl methyl sites for hydroxylation is 1. The van der Waals surface area contributed by atoms with Gasteiger partial charge < -0.3 is 10.4 Å². The molecule has 1 aromatic rings. The van der Waals surface area contributed by atoms with Gasteiger partial charge in [0.25, 0.3) is 5.91 Å². The second kappa shape index (κ2) is 4.63. The van der Waals surface area contributed by atoms with Gasteiger partial charge in [0.05, 0.1) is 0 Å². The van der Waals surface area contributed by atoms with Crippen molar-refractivity contribution in [1.82, 2.24) is 5.32 Å². The second-order valence-corrected chi connectivity index (χ2v) is 5.70. The Bertz CT molecular complexity index is 462. The van der Waals surface area contributed by atoms with Crippen LogP contribution in [0.25, 0.3) is 0 Å². The summed E-state index contributed by atoms with van der Waals surface area (Å²) in [6.45, 7) is 7.02. The Morgan fingerprint density at radius 3 is 2.61 bits per heavy atom. The molecule has 3 nitrogen and oxygen atoms in total. The summed E-state index contributed by atoms with van der Waals surface area (Å²) >= 11 is 0. The van der Waals surface area contributed by atoms with Gasteiger partial charge in [0.15, 0.2) is 0 Å². The van der Waals surface area contributed by atoms with Crippen LogP contribution in [0.5, 0.6) is 5.75 Å². The zero-order chi connectivity index (χ0) is 13.3. The summed E-state index contributed by atoms with van der Waals surface area (Å²) in [6.07, 6.45) is 2.42. The van der Waals surface area contributed by atoms with Crippen LogP contribution in [0.4, 0.5) is 0 Å². The topological polar surface area (TPSA) is 49.3 Å². The van der Waals surface area contributed by atoms with Crippen molar-refractivity contribution >= 4 is 5.91 Å². The molecular weight excluding hydrogens is 226 g/mol. The molecule has 0 atom stereocenters. The smallest absolute Gasteiger partial charge is 0.251 e. The van der Waals surface area contributed by atoms with E-state index in [1.165, 1.54) is 12.8 Å². The number of phenolic OH excluding ortho intramolecular Hbond substituents is 1. The first kappa shape index (κ1) is 12.9. The molecule has 98 valence electrons. The number of carbonyl (C=O) groups excluding carboxylic acids is 1. The van der Waals surface area contributed by atoms with Crippen LogP contribution in [0.2, 0.25) is 0 Å². The van der Waals surface area contributed by atoms with Crippen molar-refractivity contribution < 1.29 is 9.90 Å². The second-order valence-electron chi connectivity index (χ2n) is 5.70. The highest BCUT2D eigenvalue weighted by molar-refractivity contribution is 5.95. The molecule has 0 radical (unpaired) electrons. The summed E-state index contributed by atoms with van der Waals surface area (Å²) < 4.78 is 0. The summed E-state index contributed by atoms with van der Waals surface area (Å²) in [7, 11) is 0. The van der Waals surface area contributed by atoms with Crippen LogP contribution in [-0.4, -0.2) is 17.6 Å². The normalized spacial score (nSPS) is 16.7. The van der Waals surface area contributed by atoms with Gasteiger partial charge in [-0.25, -0.2) is 0 Å². The molecule has 3 heteroatoms. The van der Waals surface area contributed by atoms with E-state index in [1.807, 2.05) is 6.92 Å². The molecule has 1 amide bonds.